The minimum Gasteiger partial charge on any atom is -0.461 e. The standard InChI is InChI=1S/C23H21N5O/c1-16-18(12-24-22(26-16)17-6-3-2-4-7-17)14-28-10-9-20-19(15-28)13-25-23(27-20)21-8-5-11-29-21/h2-8,11-13H,9-10,14-15H2,1H3. The Morgan fingerprint density at radius 2 is 1.83 bits per heavy atom. The summed E-state index contributed by atoms with van der Waals surface area (Å²) < 4.78 is 5.42. The van der Waals surface area contributed by atoms with E-state index < -0.39 is 0 Å². The third-order valence-electron chi connectivity index (χ3n) is 5.26. The Labute approximate surface area is 169 Å². The van der Waals surface area contributed by atoms with Crippen molar-refractivity contribution in [3.8, 4) is 23.0 Å². The number of aryl methyl sites for hydroxylation is 1. The number of hydrogen-bond acceptors (Lipinski definition) is 6. The molecule has 0 unspecified atom stereocenters. The lowest BCUT2D eigenvalue weighted by Gasteiger charge is -2.28. The van der Waals surface area contributed by atoms with E-state index in [1.807, 2.05) is 54.9 Å². The summed E-state index contributed by atoms with van der Waals surface area (Å²) in [6.45, 7) is 4.65. The summed E-state index contributed by atoms with van der Waals surface area (Å²) in [6.07, 6.45) is 6.42. The highest BCUT2D eigenvalue weighted by molar-refractivity contribution is 5.54. The molecule has 1 aliphatic heterocycles. The molecule has 0 aliphatic carbocycles. The molecule has 0 fully saturated rings. The SMILES string of the molecule is Cc1nc(-c2ccccc2)ncc1CN1CCc2nc(-c3ccco3)ncc2C1. The van der Waals surface area contributed by atoms with E-state index in [9.17, 15) is 0 Å². The first kappa shape index (κ1) is 17.7. The molecule has 0 saturated heterocycles. The van der Waals surface area contributed by atoms with Gasteiger partial charge in [-0.3, -0.25) is 4.90 Å². The van der Waals surface area contributed by atoms with Crippen LogP contribution in [0, 0.1) is 6.92 Å². The topological polar surface area (TPSA) is 67.9 Å². The number of fused-ring (bicyclic) bond motifs is 1. The maximum Gasteiger partial charge on any atom is 0.195 e. The maximum absolute atomic E-state index is 5.42. The molecule has 4 heterocycles. The lowest BCUT2D eigenvalue weighted by molar-refractivity contribution is 0.242. The molecule has 0 spiro atoms. The second-order valence-corrected chi connectivity index (χ2v) is 7.27. The average Bonchev–Trinajstić information content (AvgIpc) is 3.30. The molecular weight excluding hydrogens is 362 g/mol. The van der Waals surface area contributed by atoms with Gasteiger partial charge in [0, 0.05) is 60.8 Å². The minimum absolute atomic E-state index is 0.656. The van der Waals surface area contributed by atoms with Crippen LogP contribution in [0.25, 0.3) is 23.0 Å². The predicted molar refractivity (Wildman–Crippen MR) is 110 cm³/mol. The molecule has 4 aromatic rings. The van der Waals surface area contributed by atoms with Crippen LogP contribution in [0.1, 0.15) is 22.5 Å². The van der Waals surface area contributed by atoms with Gasteiger partial charge in [0.2, 0.25) is 0 Å². The van der Waals surface area contributed by atoms with Gasteiger partial charge in [-0.15, -0.1) is 0 Å². The summed E-state index contributed by atoms with van der Waals surface area (Å²) in [7, 11) is 0. The highest BCUT2D eigenvalue weighted by Gasteiger charge is 2.20. The quantitative estimate of drug-likeness (QED) is 0.529. The van der Waals surface area contributed by atoms with Gasteiger partial charge in [0.25, 0.3) is 0 Å². The smallest absolute Gasteiger partial charge is 0.195 e. The number of aromatic nitrogens is 4. The molecule has 0 saturated carbocycles. The first-order valence-electron chi connectivity index (χ1n) is 9.75. The number of rotatable bonds is 4. The zero-order valence-corrected chi connectivity index (χ0v) is 16.2. The van der Waals surface area contributed by atoms with Crippen LogP contribution < -0.4 is 0 Å². The van der Waals surface area contributed by atoms with Crippen LogP contribution in [-0.2, 0) is 19.5 Å². The van der Waals surface area contributed by atoms with Crippen LogP contribution in [0.4, 0.5) is 0 Å². The van der Waals surface area contributed by atoms with Crippen molar-refractivity contribution in [1.82, 2.24) is 24.8 Å². The highest BCUT2D eigenvalue weighted by Crippen LogP contribution is 2.23. The van der Waals surface area contributed by atoms with E-state index in [4.69, 9.17) is 14.4 Å². The van der Waals surface area contributed by atoms with E-state index in [0.29, 0.717) is 11.6 Å². The van der Waals surface area contributed by atoms with Crippen molar-refractivity contribution in [2.24, 2.45) is 0 Å². The van der Waals surface area contributed by atoms with Crippen molar-refractivity contribution in [3.63, 3.8) is 0 Å². The van der Waals surface area contributed by atoms with Gasteiger partial charge in [0.05, 0.1) is 12.0 Å². The van der Waals surface area contributed by atoms with E-state index in [1.54, 1.807) is 6.26 Å². The van der Waals surface area contributed by atoms with E-state index in [2.05, 4.69) is 21.8 Å². The van der Waals surface area contributed by atoms with Crippen LogP contribution in [0.5, 0.6) is 0 Å². The van der Waals surface area contributed by atoms with Crippen LogP contribution in [-0.4, -0.2) is 31.4 Å². The van der Waals surface area contributed by atoms with Gasteiger partial charge in [-0.25, -0.2) is 19.9 Å². The van der Waals surface area contributed by atoms with E-state index in [0.717, 1.165) is 54.4 Å². The molecule has 3 aromatic heterocycles. The van der Waals surface area contributed by atoms with Crippen molar-refractivity contribution < 1.29 is 4.42 Å². The Hall–Kier alpha value is -3.38. The summed E-state index contributed by atoms with van der Waals surface area (Å²) in [5.74, 6) is 2.14. The second kappa shape index (κ2) is 7.56. The average molecular weight is 383 g/mol. The summed E-state index contributed by atoms with van der Waals surface area (Å²) >= 11 is 0. The Balaban J connectivity index is 1.31. The number of nitrogens with zero attached hydrogens (tertiary/aromatic N) is 5. The first-order chi connectivity index (χ1) is 14.3. The fraction of sp³-hybridized carbons (Fsp3) is 0.217. The minimum atomic E-state index is 0.656. The number of benzene rings is 1. The molecule has 29 heavy (non-hydrogen) atoms. The van der Waals surface area contributed by atoms with E-state index in [1.165, 1.54) is 5.56 Å². The van der Waals surface area contributed by atoms with Crippen LogP contribution in [0.3, 0.4) is 0 Å². The molecule has 0 bridgehead atoms. The second-order valence-electron chi connectivity index (χ2n) is 7.27. The van der Waals surface area contributed by atoms with Gasteiger partial charge in [-0.05, 0) is 19.1 Å². The first-order valence-corrected chi connectivity index (χ1v) is 9.75. The highest BCUT2D eigenvalue weighted by atomic mass is 16.3. The summed E-state index contributed by atoms with van der Waals surface area (Å²) in [5, 5.41) is 0. The van der Waals surface area contributed by atoms with Gasteiger partial charge in [-0.2, -0.15) is 0 Å². The Kier molecular flexibility index (Phi) is 4.62. The lowest BCUT2D eigenvalue weighted by atomic mass is 10.1. The number of hydrogen-bond donors (Lipinski definition) is 0. The molecule has 6 heteroatoms. The van der Waals surface area contributed by atoms with Crippen molar-refractivity contribution in [2.45, 2.75) is 26.4 Å². The van der Waals surface area contributed by atoms with Gasteiger partial charge < -0.3 is 4.42 Å². The normalized spacial score (nSPS) is 14.0. The van der Waals surface area contributed by atoms with Crippen LogP contribution >= 0.6 is 0 Å². The molecule has 0 N–H and O–H groups in total. The molecule has 5 rings (SSSR count). The van der Waals surface area contributed by atoms with Crippen molar-refractivity contribution in [1.29, 1.82) is 0 Å². The van der Waals surface area contributed by atoms with E-state index >= 15 is 0 Å². The van der Waals surface area contributed by atoms with Gasteiger partial charge in [0.1, 0.15) is 0 Å². The lowest BCUT2D eigenvalue weighted by Crippen LogP contribution is -2.31. The summed E-state index contributed by atoms with van der Waals surface area (Å²) in [4.78, 5) is 20.9. The molecule has 1 aliphatic rings. The van der Waals surface area contributed by atoms with Gasteiger partial charge in [-0.1, -0.05) is 30.3 Å². The third-order valence-corrected chi connectivity index (χ3v) is 5.26. The van der Waals surface area contributed by atoms with Gasteiger partial charge in [0.15, 0.2) is 17.4 Å². The fourth-order valence-corrected chi connectivity index (χ4v) is 3.65. The Bertz CT molecular complexity index is 1130. The van der Waals surface area contributed by atoms with Crippen LogP contribution in [0.15, 0.2) is 65.5 Å². The molecule has 0 radical (unpaired) electrons. The molecular formula is C23H21N5O. The predicted octanol–water partition coefficient (Wildman–Crippen LogP) is 4.06. The number of furan rings is 1. The molecule has 1 aromatic carbocycles. The Morgan fingerprint density at radius 1 is 0.966 bits per heavy atom. The van der Waals surface area contributed by atoms with Crippen molar-refractivity contribution >= 4 is 0 Å². The third kappa shape index (κ3) is 3.67. The fourth-order valence-electron chi connectivity index (χ4n) is 3.65. The maximum atomic E-state index is 5.42. The van der Waals surface area contributed by atoms with Gasteiger partial charge >= 0.3 is 0 Å². The van der Waals surface area contributed by atoms with Crippen molar-refractivity contribution in [2.75, 3.05) is 6.54 Å². The molecule has 144 valence electrons. The van der Waals surface area contributed by atoms with Crippen molar-refractivity contribution in [3.05, 3.63) is 83.6 Å². The van der Waals surface area contributed by atoms with E-state index in [-0.39, 0.29) is 0 Å². The van der Waals surface area contributed by atoms with Crippen LogP contribution in [0.2, 0.25) is 0 Å². The monoisotopic (exact) mass is 383 g/mol. The summed E-state index contributed by atoms with van der Waals surface area (Å²) in [6, 6.07) is 13.8. The summed E-state index contributed by atoms with van der Waals surface area (Å²) in [5.41, 5.74) is 5.50. The Morgan fingerprint density at radius 3 is 2.62 bits per heavy atom. The molecule has 6 nitrogen and oxygen atoms in total. The largest absolute Gasteiger partial charge is 0.461 e. The zero-order valence-electron chi connectivity index (χ0n) is 16.2. The zero-order chi connectivity index (χ0) is 19.6. The molecule has 0 amide bonds. The molecule has 0 atom stereocenters.